The second-order valence-corrected chi connectivity index (χ2v) is 10.6. The number of amides is 2. The van der Waals surface area contributed by atoms with Crippen molar-refractivity contribution in [2.24, 2.45) is 0 Å². The molecular formula is C28H42N6O. The van der Waals surface area contributed by atoms with E-state index in [1.807, 2.05) is 0 Å². The molecule has 1 aromatic heterocycles. The molecule has 2 amide bonds. The Kier molecular flexibility index (Phi) is 8.14. The fraction of sp³-hybridized carbons (Fsp3) is 0.607. The molecule has 0 radical (unpaired) electrons. The number of fused-ring (bicyclic) bond motifs is 1. The van der Waals surface area contributed by atoms with E-state index >= 15 is 0 Å². The summed E-state index contributed by atoms with van der Waals surface area (Å²) >= 11 is 0. The molecular weight excluding hydrogens is 436 g/mol. The van der Waals surface area contributed by atoms with Crippen molar-refractivity contribution in [2.45, 2.75) is 96.6 Å². The van der Waals surface area contributed by atoms with E-state index in [4.69, 9.17) is 9.97 Å². The number of nitrogens with one attached hydrogen (secondary N) is 3. The number of nitrogens with zero attached hydrogens (tertiary/aromatic N) is 3. The molecule has 2 aromatic rings. The Morgan fingerprint density at radius 2 is 1.77 bits per heavy atom. The number of anilines is 3. The van der Waals surface area contributed by atoms with Gasteiger partial charge in [0.05, 0.1) is 5.69 Å². The highest BCUT2D eigenvalue weighted by Crippen LogP contribution is 2.30. The zero-order valence-corrected chi connectivity index (χ0v) is 22.1. The van der Waals surface area contributed by atoms with Gasteiger partial charge in [0.25, 0.3) is 0 Å². The first-order chi connectivity index (χ1) is 16.9. The third-order valence-electron chi connectivity index (χ3n) is 7.40. The number of hydrogen-bond donors (Lipinski definition) is 3. The van der Waals surface area contributed by atoms with Crippen LogP contribution in [0.4, 0.5) is 22.2 Å². The molecule has 1 heterocycles. The molecule has 0 saturated heterocycles. The Hall–Kier alpha value is -2.83. The number of benzene rings is 1. The van der Waals surface area contributed by atoms with Gasteiger partial charge in [0.1, 0.15) is 5.82 Å². The van der Waals surface area contributed by atoms with E-state index in [9.17, 15) is 4.79 Å². The van der Waals surface area contributed by atoms with Crippen molar-refractivity contribution in [3.05, 3.63) is 40.6 Å². The zero-order chi connectivity index (χ0) is 24.9. The number of carbonyl (C=O) groups excluding carboxylic acids is 1. The molecule has 190 valence electrons. The third-order valence-corrected chi connectivity index (χ3v) is 7.40. The maximum atomic E-state index is 12.9. The molecule has 2 aliphatic carbocycles. The molecule has 1 aromatic carbocycles. The van der Waals surface area contributed by atoms with Gasteiger partial charge < -0.3 is 20.9 Å². The average Bonchev–Trinajstić information content (AvgIpc) is 2.84. The van der Waals surface area contributed by atoms with Gasteiger partial charge in [-0.3, -0.25) is 0 Å². The van der Waals surface area contributed by atoms with Crippen LogP contribution in [0.5, 0.6) is 0 Å². The van der Waals surface area contributed by atoms with Crippen molar-refractivity contribution in [3.8, 4) is 0 Å². The molecule has 1 saturated carbocycles. The molecule has 3 N–H and O–H groups in total. The summed E-state index contributed by atoms with van der Waals surface area (Å²) in [6.07, 6.45) is 9.31. The Morgan fingerprint density at radius 1 is 1.06 bits per heavy atom. The van der Waals surface area contributed by atoms with Crippen LogP contribution in [0.1, 0.15) is 87.6 Å². The maximum Gasteiger partial charge on any atom is 0.319 e. The van der Waals surface area contributed by atoms with Crippen LogP contribution in [0, 0.1) is 0 Å². The number of urea groups is 1. The SMILES string of the molecule is CCc1cccc(C(C)C)c1NC(=O)NC1CCC(Nc2nc3c(c(N(C)C)n2)CCCC3)CC1. The molecule has 7 nitrogen and oxygen atoms in total. The average molecular weight is 479 g/mol. The van der Waals surface area contributed by atoms with Gasteiger partial charge >= 0.3 is 6.03 Å². The Bertz CT molecular complexity index is 1030. The molecule has 0 atom stereocenters. The number of hydrogen-bond acceptors (Lipinski definition) is 5. The molecule has 0 aliphatic heterocycles. The summed E-state index contributed by atoms with van der Waals surface area (Å²) in [5.74, 6) is 2.16. The van der Waals surface area contributed by atoms with Crippen LogP contribution in [0.3, 0.4) is 0 Å². The molecule has 4 rings (SSSR count). The van der Waals surface area contributed by atoms with Crippen LogP contribution in [-0.4, -0.2) is 42.2 Å². The van der Waals surface area contributed by atoms with E-state index < -0.39 is 0 Å². The first kappa shape index (κ1) is 25.3. The van der Waals surface area contributed by atoms with Crippen LogP contribution in [0.2, 0.25) is 0 Å². The van der Waals surface area contributed by atoms with Crippen molar-refractivity contribution in [1.82, 2.24) is 15.3 Å². The normalized spacial score (nSPS) is 19.7. The highest BCUT2D eigenvalue weighted by molar-refractivity contribution is 5.91. The van der Waals surface area contributed by atoms with Gasteiger partial charge in [-0.1, -0.05) is 39.0 Å². The Labute approximate surface area is 210 Å². The minimum Gasteiger partial charge on any atom is -0.362 e. The highest BCUT2D eigenvalue weighted by atomic mass is 16.2. The molecule has 35 heavy (non-hydrogen) atoms. The predicted molar refractivity (Wildman–Crippen MR) is 145 cm³/mol. The fourth-order valence-electron chi connectivity index (χ4n) is 5.46. The summed E-state index contributed by atoms with van der Waals surface area (Å²) in [7, 11) is 4.12. The molecule has 0 bridgehead atoms. The number of aromatic nitrogens is 2. The Balaban J connectivity index is 1.33. The Morgan fingerprint density at radius 3 is 2.46 bits per heavy atom. The third kappa shape index (κ3) is 6.06. The van der Waals surface area contributed by atoms with Crippen LogP contribution in [0.25, 0.3) is 0 Å². The van der Waals surface area contributed by atoms with E-state index in [0.29, 0.717) is 12.0 Å². The van der Waals surface area contributed by atoms with Gasteiger partial charge in [-0.25, -0.2) is 9.78 Å². The highest BCUT2D eigenvalue weighted by Gasteiger charge is 2.25. The van der Waals surface area contributed by atoms with Crippen LogP contribution < -0.4 is 20.9 Å². The topological polar surface area (TPSA) is 82.2 Å². The van der Waals surface area contributed by atoms with E-state index in [2.05, 4.69) is 73.9 Å². The van der Waals surface area contributed by atoms with Gasteiger partial charge in [0, 0.05) is 37.4 Å². The summed E-state index contributed by atoms with van der Waals surface area (Å²) in [6, 6.07) is 6.72. The lowest BCUT2D eigenvalue weighted by atomic mass is 9.91. The first-order valence-corrected chi connectivity index (χ1v) is 13.4. The quantitative estimate of drug-likeness (QED) is 0.479. The second kappa shape index (κ2) is 11.3. The van der Waals surface area contributed by atoms with Crippen molar-refractivity contribution >= 4 is 23.5 Å². The maximum absolute atomic E-state index is 12.9. The summed E-state index contributed by atoms with van der Waals surface area (Å²) in [4.78, 5) is 24.7. The minimum atomic E-state index is -0.0992. The lowest BCUT2D eigenvalue weighted by Crippen LogP contribution is -2.42. The van der Waals surface area contributed by atoms with Gasteiger partial charge in [-0.2, -0.15) is 4.98 Å². The van der Waals surface area contributed by atoms with E-state index in [0.717, 1.165) is 62.4 Å². The minimum absolute atomic E-state index is 0.0992. The first-order valence-electron chi connectivity index (χ1n) is 13.4. The summed E-state index contributed by atoms with van der Waals surface area (Å²) in [6.45, 7) is 6.46. The standard InChI is InChI=1S/C28H42N6O/c1-6-19-10-9-12-22(18(2)3)25(19)32-28(35)30-21-16-14-20(15-17-21)29-27-31-24-13-8-7-11-23(24)26(33-27)34(4)5/h9-10,12,18,20-21H,6-8,11,13-17H2,1-5H3,(H,29,31,33)(H2,30,32,35). The number of rotatable bonds is 7. The van der Waals surface area contributed by atoms with Gasteiger partial charge in [0.2, 0.25) is 5.95 Å². The van der Waals surface area contributed by atoms with Crippen LogP contribution in [-0.2, 0) is 19.3 Å². The fourth-order valence-corrected chi connectivity index (χ4v) is 5.46. The lowest BCUT2D eigenvalue weighted by Gasteiger charge is -2.30. The summed E-state index contributed by atoms with van der Waals surface area (Å²) in [5, 5.41) is 9.98. The zero-order valence-electron chi connectivity index (χ0n) is 22.1. The molecule has 0 unspecified atom stereocenters. The molecule has 1 fully saturated rings. The van der Waals surface area contributed by atoms with E-state index in [-0.39, 0.29) is 12.1 Å². The summed E-state index contributed by atoms with van der Waals surface area (Å²) < 4.78 is 0. The molecule has 2 aliphatic rings. The predicted octanol–water partition coefficient (Wildman–Crippen LogP) is 5.65. The van der Waals surface area contributed by atoms with E-state index in [1.165, 1.54) is 35.2 Å². The van der Waals surface area contributed by atoms with Crippen molar-refractivity contribution < 1.29 is 4.79 Å². The van der Waals surface area contributed by atoms with Crippen LogP contribution in [0.15, 0.2) is 18.2 Å². The summed E-state index contributed by atoms with van der Waals surface area (Å²) in [5.41, 5.74) is 5.86. The van der Waals surface area contributed by atoms with E-state index in [1.54, 1.807) is 0 Å². The van der Waals surface area contributed by atoms with Crippen molar-refractivity contribution in [2.75, 3.05) is 29.6 Å². The lowest BCUT2D eigenvalue weighted by molar-refractivity contribution is 0.243. The second-order valence-electron chi connectivity index (χ2n) is 10.6. The van der Waals surface area contributed by atoms with Crippen LogP contribution >= 0.6 is 0 Å². The van der Waals surface area contributed by atoms with Crippen molar-refractivity contribution in [3.63, 3.8) is 0 Å². The molecule has 0 spiro atoms. The number of carbonyl (C=O) groups is 1. The molecule has 7 heteroatoms. The number of para-hydroxylation sites is 1. The number of aryl methyl sites for hydroxylation is 2. The monoisotopic (exact) mass is 478 g/mol. The van der Waals surface area contributed by atoms with Gasteiger partial charge in [0.15, 0.2) is 0 Å². The smallest absolute Gasteiger partial charge is 0.319 e. The largest absolute Gasteiger partial charge is 0.362 e. The van der Waals surface area contributed by atoms with Gasteiger partial charge in [-0.05, 0) is 74.8 Å². The van der Waals surface area contributed by atoms with Gasteiger partial charge in [-0.15, -0.1) is 0 Å². The van der Waals surface area contributed by atoms with Crippen molar-refractivity contribution in [1.29, 1.82) is 0 Å².